The molecule has 1 saturated heterocycles. The molecule has 1 aliphatic rings. The molecule has 1 aromatic heterocycles. The minimum atomic E-state index is 0.212. The molecule has 1 unspecified atom stereocenters. The van der Waals surface area contributed by atoms with E-state index in [9.17, 15) is 4.79 Å². The first-order valence-corrected chi connectivity index (χ1v) is 9.36. The van der Waals surface area contributed by atoms with Gasteiger partial charge in [-0.15, -0.1) is 0 Å². The maximum atomic E-state index is 12.9. The smallest absolute Gasteiger partial charge is 0.223 e. The third-order valence-corrected chi connectivity index (χ3v) is 5.31. The van der Waals surface area contributed by atoms with Crippen LogP contribution in [0.15, 0.2) is 30.3 Å². The number of carbonyl (C=O) groups is 1. The molecule has 5 nitrogen and oxygen atoms in total. The summed E-state index contributed by atoms with van der Waals surface area (Å²) in [6.45, 7) is 5.47. The maximum Gasteiger partial charge on any atom is 0.223 e. The molecule has 0 saturated carbocycles. The van der Waals surface area contributed by atoms with E-state index in [0.717, 1.165) is 36.3 Å². The van der Waals surface area contributed by atoms with Crippen molar-refractivity contribution in [2.24, 2.45) is 0 Å². The van der Waals surface area contributed by atoms with Crippen LogP contribution in [0.4, 0.5) is 0 Å². The van der Waals surface area contributed by atoms with Crippen LogP contribution in [0.3, 0.4) is 0 Å². The number of rotatable bonds is 6. The molecule has 3 rings (SSSR count). The lowest BCUT2D eigenvalue weighted by molar-refractivity contribution is -0.132. The number of hydrogen-bond donors (Lipinski definition) is 0. The van der Waals surface area contributed by atoms with Gasteiger partial charge in [-0.05, 0) is 44.2 Å². The van der Waals surface area contributed by atoms with Gasteiger partial charge in [-0.2, -0.15) is 10.4 Å². The number of benzene rings is 1. The number of amides is 1. The highest BCUT2D eigenvalue weighted by Gasteiger charge is 2.29. The minimum Gasteiger partial charge on any atom is -0.336 e. The van der Waals surface area contributed by atoms with Gasteiger partial charge in [0, 0.05) is 18.7 Å². The molecule has 2 heterocycles. The van der Waals surface area contributed by atoms with Gasteiger partial charge >= 0.3 is 0 Å². The van der Waals surface area contributed by atoms with Gasteiger partial charge in [0.15, 0.2) is 0 Å². The van der Waals surface area contributed by atoms with Gasteiger partial charge < -0.3 is 4.90 Å². The SMILES string of the molecule is Cc1nn(CCC#N)c(C)c1CCC(=O)N1CCCC1c1ccccc1. The second-order valence-corrected chi connectivity index (χ2v) is 6.94. The lowest BCUT2D eigenvalue weighted by Crippen LogP contribution is -2.30. The van der Waals surface area contributed by atoms with Gasteiger partial charge in [-0.3, -0.25) is 9.48 Å². The fourth-order valence-electron chi connectivity index (χ4n) is 3.93. The molecule has 1 atom stereocenters. The van der Waals surface area contributed by atoms with Crippen molar-refractivity contribution in [1.82, 2.24) is 14.7 Å². The molecule has 0 radical (unpaired) electrons. The number of hydrogen-bond acceptors (Lipinski definition) is 3. The van der Waals surface area contributed by atoms with E-state index in [1.165, 1.54) is 5.56 Å². The lowest BCUT2D eigenvalue weighted by atomic mass is 10.0. The molecule has 0 spiro atoms. The first kappa shape index (κ1) is 18.2. The Labute approximate surface area is 155 Å². The van der Waals surface area contributed by atoms with E-state index in [-0.39, 0.29) is 11.9 Å². The molecule has 26 heavy (non-hydrogen) atoms. The molecule has 1 aromatic carbocycles. The van der Waals surface area contributed by atoms with Crippen molar-refractivity contribution in [3.63, 3.8) is 0 Å². The molecular formula is C21H26N4O. The van der Waals surface area contributed by atoms with E-state index in [1.54, 1.807) is 0 Å². The first-order valence-electron chi connectivity index (χ1n) is 9.36. The fourth-order valence-corrected chi connectivity index (χ4v) is 3.93. The number of carbonyl (C=O) groups excluding carboxylic acids is 1. The van der Waals surface area contributed by atoms with Crippen LogP contribution >= 0.6 is 0 Å². The van der Waals surface area contributed by atoms with Crippen molar-refractivity contribution >= 4 is 5.91 Å². The summed E-state index contributed by atoms with van der Waals surface area (Å²) in [5.74, 6) is 0.222. The van der Waals surface area contributed by atoms with Crippen molar-refractivity contribution < 1.29 is 4.79 Å². The number of nitriles is 1. The predicted molar refractivity (Wildman–Crippen MR) is 100 cm³/mol. The normalized spacial score (nSPS) is 16.7. The molecule has 136 valence electrons. The van der Waals surface area contributed by atoms with Crippen molar-refractivity contribution in [2.45, 2.75) is 58.5 Å². The molecule has 0 aliphatic carbocycles. The van der Waals surface area contributed by atoms with Crippen LogP contribution in [-0.2, 0) is 17.8 Å². The quantitative estimate of drug-likeness (QED) is 0.798. The zero-order chi connectivity index (χ0) is 18.5. The zero-order valence-electron chi connectivity index (χ0n) is 15.6. The number of nitrogens with zero attached hydrogens (tertiary/aromatic N) is 4. The van der Waals surface area contributed by atoms with Crippen molar-refractivity contribution in [2.75, 3.05) is 6.54 Å². The van der Waals surface area contributed by atoms with E-state index in [4.69, 9.17) is 5.26 Å². The Kier molecular flexibility index (Phi) is 5.72. The summed E-state index contributed by atoms with van der Waals surface area (Å²) in [6, 6.07) is 12.7. The molecule has 2 aromatic rings. The lowest BCUT2D eigenvalue weighted by Gasteiger charge is -2.25. The monoisotopic (exact) mass is 350 g/mol. The molecule has 0 bridgehead atoms. The Morgan fingerprint density at radius 2 is 2.08 bits per heavy atom. The van der Waals surface area contributed by atoms with Crippen LogP contribution in [0.25, 0.3) is 0 Å². The van der Waals surface area contributed by atoms with Gasteiger partial charge in [0.25, 0.3) is 0 Å². The van der Waals surface area contributed by atoms with Crippen molar-refractivity contribution in [3.05, 3.63) is 52.8 Å². The van der Waals surface area contributed by atoms with Crippen molar-refractivity contribution in [3.8, 4) is 6.07 Å². The van der Waals surface area contributed by atoms with Crippen LogP contribution in [0.5, 0.6) is 0 Å². The molecule has 1 amide bonds. The average Bonchev–Trinajstić information content (AvgIpc) is 3.24. The predicted octanol–water partition coefficient (Wildman–Crippen LogP) is 3.71. The Bertz CT molecular complexity index is 803. The summed E-state index contributed by atoms with van der Waals surface area (Å²) in [5, 5.41) is 13.3. The molecular weight excluding hydrogens is 324 g/mol. The molecule has 1 fully saturated rings. The highest BCUT2D eigenvalue weighted by atomic mass is 16.2. The van der Waals surface area contributed by atoms with Crippen LogP contribution in [0.2, 0.25) is 0 Å². The van der Waals surface area contributed by atoms with Crippen LogP contribution in [-0.4, -0.2) is 27.1 Å². The van der Waals surface area contributed by atoms with E-state index in [0.29, 0.717) is 25.8 Å². The van der Waals surface area contributed by atoms with Gasteiger partial charge in [0.2, 0.25) is 5.91 Å². The Balaban J connectivity index is 1.66. The van der Waals surface area contributed by atoms with E-state index >= 15 is 0 Å². The third kappa shape index (κ3) is 3.80. The van der Waals surface area contributed by atoms with Gasteiger partial charge in [0.1, 0.15) is 0 Å². The maximum absolute atomic E-state index is 12.9. The second kappa shape index (κ2) is 8.18. The Hall–Kier alpha value is -2.61. The summed E-state index contributed by atoms with van der Waals surface area (Å²) >= 11 is 0. The third-order valence-electron chi connectivity index (χ3n) is 5.31. The van der Waals surface area contributed by atoms with Gasteiger partial charge in [0.05, 0.1) is 30.8 Å². The second-order valence-electron chi connectivity index (χ2n) is 6.94. The Morgan fingerprint density at radius 1 is 1.31 bits per heavy atom. The van der Waals surface area contributed by atoms with Crippen LogP contribution < -0.4 is 0 Å². The first-order chi connectivity index (χ1) is 12.6. The zero-order valence-corrected chi connectivity index (χ0v) is 15.6. The van der Waals surface area contributed by atoms with Crippen molar-refractivity contribution in [1.29, 1.82) is 5.26 Å². The number of likely N-dealkylation sites (tertiary alicyclic amines) is 1. The van der Waals surface area contributed by atoms with E-state index in [1.807, 2.05) is 41.6 Å². The van der Waals surface area contributed by atoms with E-state index < -0.39 is 0 Å². The molecule has 0 N–H and O–H groups in total. The van der Waals surface area contributed by atoms with Crippen LogP contribution in [0.1, 0.15) is 54.2 Å². The highest BCUT2D eigenvalue weighted by Crippen LogP contribution is 2.32. The highest BCUT2D eigenvalue weighted by molar-refractivity contribution is 5.77. The largest absolute Gasteiger partial charge is 0.336 e. The van der Waals surface area contributed by atoms with Gasteiger partial charge in [-0.25, -0.2) is 0 Å². The summed E-state index contributed by atoms with van der Waals surface area (Å²) in [7, 11) is 0. The minimum absolute atomic E-state index is 0.212. The molecule has 1 aliphatic heterocycles. The van der Waals surface area contributed by atoms with Gasteiger partial charge in [-0.1, -0.05) is 30.3 Å². The average molecular weight is 350 g/mol. The molecule has 5 heteroatoms. The number of aromatic nitrogens is 2. The summed E-state index contributed by atoms with van der Waals surface area (Å²) in [5.41, 5.74) is 4.42. The van der Waals surface area contributed by atoms with Crippen LogP contribution in [0, 0.1) is 25.2 Å². The summed E-state index contributed by atoms with van der Waals surface area (Å²) < 4.78 is 1.89. The van der Waals surface area contributed by atoms with E-state index in [2.05, 4.69) is 23.3 Å². The topological polar surface area (TPSA) is 61.9 Å². The fraction of sp³-hybridized carbons (Fsp3) is 0.476. The Morgan fingerprint density at radius 3 is 2.81 bits per heavy atom. The summed E-state index contributed by atoms with van der Waals surface area (Å²) in [4.78, 5) is 14.9. The summed E-state index contributed by atoms with van der Waals surface area (Å²) in [6.07, 6.45) is 3.78. The number of aryl methyl sites for hydroxylation is 2. The standard InChI is InChI=1S/C21H26N4O/c1-16-19(17(2)25(23-16)15-7-13-22)11-12-21(26)24-14-6-10-20(24)18-8-4-3-5-9-18/h3-5,8-9,20H,6-7,10-12,14-15H2,1-2H3.